The second-order valence-electron chi connectivity index (χ2n) is 6.26. The highest BCUT2D eigenvalue weighted by Gasteiger charge is 2.12. The van der Waals surface area contributed by atoms with Gasteiger partial charge in [0, 0.05) is 17.3 Å². The van der Waals surface area contributed by atoms with Gasteiger partial charge in [-0.05, 0) is 75.6 Å². The summed E-state index contributed by atoms with van der Waals surface area (Å²) in [6.45, 7) is 0.902. The highest BCUT2D eigenvalue weighted by atomic mass is 79.9. The van der Waals surface area contributed by atoms with Gasteiger partial charge in [0.1, 0.15) is 6.61 Å². The van der Waals surface area contributed by atoms with Gasteiger partial charge in [-0.25, -0.2) is 4.79 Å². The van der Waals surface area contributed by atoms with Gasteiger partial charge in [0.15, 0.2) is 11.5 Å². The Bertz CT molecular complexity index is 1010. The monoisotopic (exact) mass is 475 g/mol. The number of anilines is 1. The van der Waals surface area contributed by atoms with Crippen molar-refractivity contribution in [2.24, 2.45) is 0 Å². The average molecular weight is 477 g/mol. The van der Waals surface area contributed by atoms with Crippen LogP contribution in [0.1, 0.15) is 21.5 Å². The molecule has 7 heteroatoms. The van der Waals surface area contributed by atoms with Crippen molar-refractivity contribution >= 4 is 39.2 Å². The summed E-state index contributed by atoms with van der Waals surface area (Å²) in [5.74, 6) is 0.278. The smallest absolute Gasteiger partial charge is 0.335 e. The number of ether oxygens (including phenoxy) is 2. The van der Waals surface area contributed by atoms with Gasteiger partial charge < -0.3 is 19.9 Å². The van der Waals surface area contributed by atoms with Crippen molar-refractivity contribution in [1.82, 2.24) is 0 Å². The molecule has 0 aliphatic rings. The van der Waals surface area contributed by atoms with E-state index in [2.05, 4.69) is 21.2 Å². The van der Waals surface area contributed by atoms with Gasteiger partial charge in [-0.15, -0.1) is 0 Å². The van der Waals surface area contributed by atoms with Gasteiger partial charge in [0.25, 0.3) is 0 Å². The van der Waals surface area contributed by atoms with Crippen molar-refractivity contribution in [2.45, 2.75) is 13.2 Å². The van der Waals surface area contributed by atoms with E-state index in [1.54, 1.807) is 31.4 Å². The van der Waals surface area contributed by atoms with E-state index in [1.807, 2.05) is 36.4 Å². The Balaban J connectivity index is 1.69. The predicted molar refractivity (Wildman–Crippen MR) is 117 cm³/mol. The second-order valence-corrected chi connectivity index (χ2v) is 7.55. The molecule has 0 amide bonds. The summed E-state index contributed by atoms with van der Waals surface area (Å²) in [6.07, 6.45) is 0. The topological polar surface area (TPSA) is 67.8 Å². The maximum atomic E-state index is 10.9. The molecule has 0 bridgehead atoms. The summed E-state index contributed by atoms with van der Waals surface area (Å²) in [4.78, 5) is 10.9. The number of halogens is 2. The molecule has 0 radical (unpaired) electrons. The zero-order valence-electron chi connectivity index (χ0n) is 15.6. The molecule has 0 heterocycles. The lowest BCUT2D eigenvalue weighted by molar-refractivity contribution is 0.0697. The second kappa shape index (κ2) is 9.67. The molecule has 0 spiro atoms. The molecule has 0 aliphatic carbocycles. The first-order valence-electron chi connectivity index (χ1n) is 8.77. The summed E-state index contributed by atoms with van der Waals surface area (Å²) >= 11 is 9.58. The predicted octanol–water partition coefficient (Wildman–Crippen LogP) is 6.00. The number of hydrogen-bond donors (Lipinski definition) is 2. The SMILES string of the molecule is COc1cc(CNc2ccc(C(=O)O)cc2)cc(Br)c1OCc1cccc(Cl)c1. The normalized spacial score (nSPS) is 10.4. The molecule has 0 atom stereocenters. The van der Waals surface area contributed by atoms with E-state index in [0.29, 0.717) is 29.7 Å². The standard InChI is InChI=1S/C22H19BrClNO4/c1-28-20-11-15(12-25-18-7-5-16(6-8-18)22(26)27)10-19(23)21(20)29-13-14-3-2-4-17(24)9-14/h2-11,25H,12-13H2,1H3,(H,26,27). The molecular formula is C22H19BrClNO4. The lowest BCUT2D eigenvalue weighted by Gasteiger charge is -2.15. The Morgan fingerprint density at radius 3 is 2.52 bits per heavy atom. The fourth-order valence-corrected chi connectivity index (χ4v) is 3.55. The van der Waals surface area contributed by atoms with Crippen LogP contribution < -0.4 is 14.8 Å². The molecule has 3 rings (SSSR count). The fourth-order valence-electron chi connectivity index (χ4n) is 2.73. The van der Waals surface area contributed by atoms with E-state index in [0.717, 1.165) is 21.3 Å². The molecule has 3 aromatic rings. The third kappa shape index (κ3) is 5.65. The van der Waals surface area contributed by atoms with E-state index in [-0.39, 0.29) is 5.56 Å². The minimum atomic E-state index is -0.946. The minimum absolute atomic E-state index is 0.251. The van der Waals surface area contributed by atoms with Crippen LogP contribution in [0.5, 0.6) is 11.5 Å². The van der Waals surface area contributed by atoms with Crippen molar-refractivity contribution in [3.8, 4) is 11.5 Å². The Morgan fingerprint density at radius 2 is 1.86 bits per heavy atom. The molecule has 29 heavy (non-hydrogen) atoms. The highest BCUT2D eigenvalue weighted by molar-refractivity contribution is 9.10. The van der Waals surface area contributed by atoms with E-state index in [9.17, 15) is 4.79 Å². The van der Waals surface area contributed by atoms with E-state index in [1.165, 1.54) is 0 Å². The number of carboxylic acid groups (broad SMARTS) is 1. The van der Waals surface area contributed by atoms with Crippen LogP contribution in [-0.2, 0) is 13.2 Å². The van der Waals surface area contributed by atoms with Gasteiger partial charge in [-0.3, -0.25) is 0 Å². The summed E-state index contributed by atoms with van der Waals surface area (Å²) in [6, 6.07) is 17.9. The summed E-state index contributed by atoms with van der Waals surface area (Å²) < 4.78 is 12.2. The van der Waals surface area contributed by atoms with E-state index in [4.69, 9.17) is 26.2 Å². The van der Waals surface area contributed by atoms with Crippen molar-refractivity contribution in [2.75, 3.05) is 12.4 Å². The maximum absolute atomic E-state index is 10.9. The maximum Gasteiger partial charge on any atom is 0.335 e. The Hall–Kier alpha value is -2.70. The summed E-state index contributed by atoms with van der Waals surface area (Å²) in [7, 11) is 1.59. The highest BCUT2D eigenvalue weighted by Crippen LogP contribution is 2.37. The van der Waals surface area contributed by atoms with Gasteiger partial charge in [-0.2, -0.15) is 0 Å². The van der Waals surface area contributed by atoms with Crippen LogP contribution in [0.3, 0.4) is 0 Å². The van der Waals surface area contributed by atoms with Crippen molar-refractivity contribution in [1.29, 1.82) is 0 Å². The largest absolute Gasteiger partial charge is 0.493 e. The molecule has 0 saturated carbocycles. The number of benzene rings is 3. The number of nitrogens with one attached hydrogen (secondary N) is 1. The van der Waals surface area contributed by atoms with Crippen molar-refractivity contribution < 1.29 is 19.4 Å². The van der Waals surface area contributed by atoms with Crippen LogP contribution in [-0.4, -0.2) is 18.2 Å². The van der Waals surface area contributed by atoms with Crippen LogP contribution >= 0.6 is 27.5 Å². The van der Waals surface area contributed by atoms with Gasteiger partial charge in [-0.1, -0.05) is 23.7 Å². The molecule has 0 saturated heterocycles. The molecule has 0 aliphatic heterocycles. The van der Waals surface area contributed by atoms with Crippen LogP contribution in [0, 0.1) is 0 Å². The van der Waals surface area contributed by atoms with Gasteiger partial charge in [0.2, 0.25) is 0 Å². The zero-order valence-corrected chi connectivity index (χ0v) is 18.0. The van der Waals surface area contributed by atoms with Crippen LogP contribution in [0.25, 0.3) is 0 Å². The molecular weight excluding hydrogens is 458 g/mol. The molecule has 0 aromatic heterocycles. The first-order chi connectivity index (χ1) is 14.0. The number of carboxylic acids is 1. The molecule has 150 valence electrons. The van der Waals surface area contributed by atoms with Crippen LogP contribution in [0.2, 0.25) is 5.02 Å². The van der Waals surface area contributed by atoms with E-state index < -0.39 is 5.97 Å². The Labute approximate surface area is 182 Å². The number of rotatable bonds is 8. The number of aromatic carboxylic acids is 1. The Morgan fingerprint density at radius 1 is 1.10 bits per heavy atom. The van der Waals surface area contributed by atoms with Crippen LogP contribution in [0.4, 0.5) is 5.69 Å². The lowest BCUT2D eigenvalue weighted by atomic mass is 10.1. The van der Waals surface area contributed by atoms with Crippen molar-refractivity contribution in [3.63, 3.8) is 0 Å². The quantitative estimate of drug-likeness (QED) is 0.417. The average Bonchev–Trinajstić information content (AvgIpc) is 2.71. The Kier molecular flexibility index (Phi) is 7.01. The fraction of sp³-hybridized carbons (Fsp3) is 0.136. The summed E-state index contributed by atoms with van der Waals surface area (Å²) in [5, 5.41) is 12.9. The molecule has 5 nitrogen and oxygen atoms in total. The minimum Gasteiger partial charge on any atom is -0.493 e. The first-order valence-corrected chi connectivity index (χ1v) is 9.94. The van der Waals surface area contributed by atoms with Crippen LogP contribution in [0.15, 0.2) is 65.1 Å². The molecule has 0 fully saturated rings. The number of hydrogen-bond acceptors (Lipinski definition) is 4. The van der Waals surface area contributed by atoms with Gasteiger partial charge in [0.05, 0.1) is 17.1 Å². The molecule has 3 aromatic carbocycles. The molecule has 0 unspecified atom stereocenters. The third-order valence-electron chi connectivity index (χ3n) is 4.19. The van der Waals surface area contributed by atoms with Gasteiger partial charge >= 0.3 is 5.97 Å². The number of methoxy groups -OCH3 is 1. The first kappa shape index (κ1) is 21.0. The summed E-state index contributed by atoms with van der Waals surface area (Å²) in [5.41, 5.74) is 3.01. The van der Waals surface area contributed by atoms with E-state index >= 15 is 0 Å². The van der Waals surface area contributed by atoms with Crippen molar-refractivity contribution in [3.05, 3.63) is 86.8 Å². The third-order valence-corrected chi connectivity index (χ3v) is 5.01. The zero-order chi connectivity index (χ0) is 20.8. The lowest BCUT2D eigenvalue weighted by Crippen LogP contribution is -2.03. The number of carbonyl (C=O) groups is 1. The molecule has 2 N–H and O–H groups in total.